The summed E-state index contributed by atoms with van der Waals surface area (Å²) in [5.74, 6) is 0. The van der Waals surface area contributed by atoms with Crippen LogP contribution in [0, 0.1) is 11.3 Å². The Morgan fingerprint density at radius 1 is 1.83 bits per heavy atom. The van der Waals surface area contributed by atoms with Crippen LogP contribution in [0.4, 0.5) is 0 Å². The lowest BCUT2D eigenvalue weighted by Gasteiger charge is -2.20. The van der Waals surface area contributed by atoms with E-state index >= 15 is 0 Å². The molecule has 1 fully saturated rings. The molecule has 0 aliphatic carbocycles. The summed E-state index contributed by atoms with van der Waals surface area (Å²) in [6.45, 7) is 2.94. The van der Waals surface area contributed by atoms with Gasteiger partial charge in [0.1, 0.15) is 0 Å². The summed E-state index contributed by atoms with van der Waals surface area (Å²) in [5, 5.41) is 19.2. The summed E-state index contributed by atoms with van der Waals surface area (Å²) < 4.78 is 0. The van der Waals surface area contributed by atoms with Crippen LogP contribution in [0.3, 0.4) is 0 Å². The van der Waals surface area contributed by atoms with Crippen LogP contribution in [0.1, 0.15) is 19.8 Å². The molecule has 1 N–H and O–H groups in total. The Morgan fingerprint density at radius 2 is 2.58 bits per heavy atom. The Hall–Kier alpha value is -0.630. The molecule has 1 heterocycles. The van der Waals surface area contributed by atoms with Gasteiger partial charge in [0.05, 0.1) is 25.3 Å². The number of hydroxylamine groups is 2. The molecule has 1 saturated heterocycles. The minimum absolute atomic E-state index is 0.224. The van der Waals surface area contributed by atoms with Crippen molar-refractivity contribution in [3.05, 3.63) is 0 Å². The van der Waals surface area contributed by atoms with E-state index in [0.717, 1.165) is 6.42 Å². The number of rotatable bonds is 3. The number of aliphatic hydroxyl groups is 1. The van der Waals surface area contributed by atoms with Gasteiger partial charge in [0, 0.05) is 12.5 Å². The minimum Gasteiger partial charge on any atom is -0.389 e. The van der Waals surface area contributed by atoms with Crippen molar-refractivity contribution in [2.45, 2.75) is 31.9 Å². The molecule has 1 aliphatic rings. The number of aliphatic hydroxyl groups excluding tert-OH is 1. The van der Waals surface area contributed by atoms with Crippen LogP contribution in [0.2, 0.25) is 0 Å². The Balaban J connectivity index is 2.24. The molecule has 0 aromatic rings. The van der Waals surface area contributed by atoms with Crippen LogP contribution in [-0.4, -0.2) is 35.5 Å². The molecule has 2 atom stereocenters. The normalized spacial score (nSPS) is 26.9. The topological polar surface area (TPSA) is 56.5 Å². The van der Waals surface area contributed by atoms with Crippen LogP contribution >= 0.6 is 0 Å². The highest BCUT2D eigenvalue weighted by Crippen LogP contribution is 2.13. The number of hydrogen-bond donors (Lipinski definition) is 1. The molecular formula is C8H14N2O2. The van der Waals surface area contributed by atoms with Crippen LogP contribution in [0.15, 0.2) is 0 Å². The molecule has 0 saturated carbocycles. The zero-order chi connectivity index (χ0) is 8.97. The van der Waals surface area contributed by atoms with Crippen molar-refractivity contribution in [3.8, 4) is 6.07 Å². The first-order chi connectivity index (χ1) is 5.74. The van der Waals surface area contributed by atoms with E-state index in [2.05, 4.69) is 6.07 Å². The summed E-state index contributed by atoms with van der Waals surface area (Å²) >= 11 is 0. The van der Waals surface area contributed by atoms with E-state index in [1.165, 1.54) is 0 Å². The van der Waals surface area contributed by atoms with E-state index < -0.39 is 0 Å². The third kappa shape index (κ3) is 2.45. The molecule has 4 heteroatoms. The number of nitriles is 1. The lowest BCUT2D eigenvalue weighted by Crippen LogP contribution is -2.30. The van der Waals surface area contributed by atoms with Gasteiger partial charge < -0.3 is 5.11 Å². The predicted octanol–water partition coefficient (Wildman–Crippen LogP) is 0.287. The van der Waals surface area contributed by atoms with Gasteiger partial charge in [-0.15, -0.1) is 0 Å². The summed E-state index contributed by atoms with van der Waals surface area (Å²) in [6.07, 6.45) is 0.968. The quantitative estimate of drug-likeness (QED) is 0.661. The van der Waals surface area contributed by atoms with Crippen molar-refractivity contribution in [3.63, 3.8) is 0 Å². The van der Waals surface area contributed by atoms with Crippen LogP contribution in [-0.2, 0) is 4.84 Å². The first kappa shape index (κ1) is 9.46. The fourth-order valence-corrected chi connectivity index (χ4v) is 1.22. The van der Waals surface area contributed by atoms with Crippen molar-refractivity contribution in [2.75, 3.05) is 13.2 Å². The van der Waals surface area contributed by atoms with Gasteiger partial charge >= 0.3 is 0 Å². The van der Waals surface area contributed by atoms with E-state index in [1.807, 2.05) is 6.92 Å². The highest BCUT2D eigenvalue weighted by molar-refractivity contribution is 4.75. The summed E-state index contributed by atoms with van der Waals surface area (Å²) in [4.78, 5) is 5.20. The standard InChI is InChI=1S/C8H14N2O2/c1-7(3-2-4-9)10-5-8(11)6-12-10/h7-8,11H,2-3,5-6H2,1H3. The molecule has 2 unspecified atom stereocenters. The second kappa shape index (κ2) is 4.41. The highest BCUT2D eigenvalue weighted by Gasteiger charge is 2.25. The third-order valence-corrected chi connectivity index (χ3v) is 1.99. The van der Waals surface area contributed by atoms with Crippen molar-refractivity contribution in [2.24, 2.45) is 0 Å². The second-order valence-corrected chi connectivity index (χ2v) is 3.10. The van der Waals surface area contributed by atoms with Crippen LogP contribution in [0.5, 0.6) is 0 Å². The van der Waals surface area contributed by atoms with Gasteiger partial charge in [-0.2, -0.15) is 10.3 Å². The molecule has 68 valence electrons. The van der Waals surface area contributed by atoms with Crippen LogP contribution < -0.4 is 0 Å². The van der Waals surface area contributed by atoms with E-state index in [4.69, 9.17) is 15.2 Å². The Morgan fingerprint density at radius 3 is 3.08 bits per heavy atom. The van der Waals surface area contributed by atoms with Crippen molar-refractivity contribution < 1.29 is 9.94 Å². The first-order valence-electron chi connectivity index (χ1n) is 4.18. The van der Waals surface area contributed by atoms with Gasteiger partial charge in [0.25, 0.3) is 0 Å². The molecular weight excluding hydrogens is 156 g/mol. The zero-order valence-electron chi connectivity index (χ0n) is 7.23. The first-order valence-corrected chi connectivity index (χ1v) is 4.18. The number of hydrogen-bond acceptors (Lipinski definition) is 4. The monoisotopic (exact) mass is 170 g/mol. The summed E-state index contributed by atoms with van der Waals surface area (Å²) in [7, 11) is 0. The summed E-state index contributed by atoms with van der Waals surface area (Å²) in [5.41, 5.74) is 0. The molecule has 4 nitrogen and oxygen atoms in total. The fourth-order valence-electron chi connectivity index (χ4n) is 1.22. The van der Waals surface area contributed by atoms with Gasteiger partial charge in [-0.05, 0) is 13.3 Å². The molecule has 0 amide bonds. The third-order valence-electron chi connectivity index (χ3n) is 1.99. The fraction of sp³-hybridized carbons (Fsp3) is 0.875. The smallest absolute Gasteiger partial charge is 0.0958 e. The maximum atomic E-state index is 9.14. The van der Waals surface area contributed by atoms with Crippen molar-refractivity contribution >= 4 is 0 Å². The second-order valence-electron chi connectivity index (χ2n) is 3.10. The maximum Gasteiger partial charge on any atom is 0.0958 e. The van der Waals surface area contributed by atoms with E-state index in [-0.39, 0.29) is 12.1 Å². The van der Waals surface area contributed by atoms with Crippen LogP contribution in [0.25, 0.3) is 0 Å². The highest BCUT2D eigenvalue weighted by atomic mass is 16.7. The van der Waals surface area contributed by atoms with E-state index in [0.29, 0.717) is 19.6 Å². The van der Waals surface area contributed by atoms with Gasteiger partial charge in [-0.25, -0.2) is 0 Å². The average Bonchev–Trinajstić information content (AvgIpc) is 2.47. The largest absolute Gasteiger partial charge is 0.389 e. The number of β-amino-alcohol motifs (C(OH)–C–C–N with tert-alkyl or cyclic N) is 1. The molecule has 1 rings (SSSR count). The average molecular weight is 170 g/mol. The Kier molecular flexibility index (Phi) is 3.48. The predicted molar refractivity (Wildman–Crippen MR) is 43.0 cm³/mol. The molecule has 0 aromatic heterocycles. The molecule has 1 aliphatic heterocycles. The van der Waals surface area contributed by atoms with Crippen molar-refractivity contribution in [1.82, 2.24) is 5.06 Å². The lowest BCUT2D eigenvalue weighted by atomic mass is 10.2. The van der Waals surface area contributed by atoms with Crippen molar-refractivity contribution in [1.29, 1.82) is 5.26 Å². The number of nitrogens with zero attached hydrogens (tertiary/aromatic N) is 2. The minimum atomic E-state index is -0.366. The zero-order valence-corrected chi connectivity index (χ0v) is 7.23. The summed E-state index contributed by atoms with van der Waals surface area (Å²) in [6, 6.07) is 2.31. The van der Waals surface area contributed by atoms with Gasteiger partial charge in [0.15, 0.2) is 0 Å². The van der Waals surface area contributed by atoms with Gasteiger partial charge in [0.2, 0.25) is 0 Å². The molecule has 0 aromatic carbocycles. The Labute approximate surface area is 72.3 Å². The molecule has 12 heavy (non-hydrogen) atoms. The van der Waals surface area contributed by atoms with E-state index in [9.17, 15) is 0 Å². The molecule has 0 radical (unpaired) electrons. The molecule has 0 bridgehead atoms. The van der Waals surface area contributed by atoms with E-state index in [1.54, 1.807) is 5.06 Å². The molecule has 0 spiro atoms. The SMILES string of the molecule is CC(CCC#N)N1CC(O)CO1. The van der Waals surface area contributed by atoms with Gasteiger partial charge in [-0.3, -0.25) is 4.84 Å². The van der Waals surface area contributed by atoms with Gasteiger partial charge in [-0.1, -0.05) is 0 Å². The Bertz CT molecular complexity index is 178. The maximum absolute atomic E-state index is 9.14. The lowest BCUT2D eigenvalue weighted by molar-refractivity contribution is -0.138.